The van der Waals surface area contributed by atoms with Crippen molar-refractivity contribution in [2.45, 2.75) is 24.9 Å². The lowest BCUT2D eigenvalue weighted by Crippen LogP contribution is -2.49. The van der Waals surface area contributed by atoms with E-state index in [0.717, 1.165) is 0 Å². The molecular formula is C9H17N3O4S. The van der Waals surface area contributed by atoms with Gasteiger partial charge in [-0.3, -0.25) is 9.59 Å². The molecule has 0 aromatic heterocycles. The van der Waals surface area contributed by atoms with Crippen LogP contribution in [0.25, 0.3) is 0 Å². The van der Waals surface area contributed by atoms with E-state index in [1.54, 1.807) is 0 Å². The fourth-order valence-corrected chi connectivity index (χ4v) is 1.55. The topological polar surface area (TPSA) is 136 Å². The van der Waals surface area contributed by atoms with Crippen LogP contribution in [0.5, 0.6) is 0 Å². The zero-order valence-corrected chi connectivity index (χ0v) is 10.3. The Morgan fingerprint density at radius 1 is 1.41 bits per heavy atom. The van der Waals surface area contributed by atoms with E-state index in [1.807, 2.05) is 6.26 Å². The second-order valence-corrected chi connectivity index (χ2v) is 4.44. The van der Waals surface area contributed by atoms with Gasteiger partial charge in [0.1, 0.15) is 6.04 Å². The number of nitrogens with two attached hydrogens (primary N) is 2. The molecule has 0 spiro atoms. The van der Waals surface area contributed by atoms with Gasteiger partial charge in [0.15, 0.2) is 0 Å². The molecular weight excluding hydrogens is 246 g/mol. The minimum atomic E-state index is -1.32. The van der Waals surface area contributed by atoms with Gasteiger partial charge >= 0.3 is 5.97 Å². The highest BCUT2D eigenvalue weighted by Crippen LogP contribution is 2.00. The molecule has 0 fully saturated rings. The number of amides is 2. The number of rotatable bonds is 8. The molecule has 0 saturated heterocycles. The van der Waals surface area contributed by atoms with Crippen molar-refractivity contribution in [2.75, 3.05) is 12.0 Å². The lowest BCUT2D eigenvalue weighted by molar-refractivity contribution is -0.143. The van der Waals surface area contributed by atoms with Crippen molar-refractivity contribution in [3.8, 4) is 0 Å². The van der Waals surface area contributed by atoms with Gasteiger partial charge < -0.3 is 21.9 Å². The van der Waals surface area contributed by atoms with Crippen LogP contribution in [-0.4, -0.2) is 47.0 Å². The highest BCUT2D eigenvalue weighted by Gasteiger charge is 2.24. The van der Waals surface area contributed by atoms with Gasteiger partial charge in [-0.15, -0.1) is 0 Å². The van der Waals surface area contributed by atoms with E-state index in [0.29, 0.717) is 12.2 Å². The fourth-order valence-electron chi connectivity index (χ4n) is 1.06. The number of carboxylic acids is 1. The monoisotopic (exact) mass is 263 g/mol. The summed E-state index contributed by atoms with van der Waals surface area (Å²) in [6, 6.07) is -2.10. The molecule has 0 radical (unpaired) electrons. The predicted octanol–water partition coefficient (Wildman–Crippen LogP) is -1.49. The van der Waals surface area contributed by atoms with Gasteiger partial charge in [0, 0.05) is 0 Å². The highest BCUT2D eigenvalue weighted by atomic mass is 32.2. The first-order chi connectivity index (χ1) is 7.88. The summed E-state index contributed by atoms with van der Waals surface area (Å²) in [7, 11) is 0. The summed E-state index contributed by atoms with van der Waals surface area (Å²) in [5.74, 6) is -2.00. The second kappa shape index (κ2) is 7.91. The Morgan fingerprint density at radius 2 is 2.00 bits per heavy atom. The van der Waals surface area contributed by atoms with E-state index in [9.17, 15) is 14.4 Å². The average Bonchev–Trinajstić information content (AvgIpc) is 2.23. The van der Waals surface area contributed by atoms with Crippen molar-refractivity contribution >= 4 is 29.5 Å². The van der Waals surface area contributed by atoms with Crippen molar-refractivity contribution in [3.05, 3.63) is 0 Å². The molecule has 0 saturated carbocycles. The molecule has 2 atom stereocenters. The van der Waals surface area contributed by atoms with Crippen molar-refractivity contribution in [3.63, 3.8) is 0 Å². The van der Waals surface area contributed by atoms with E-state index in [2.05, 4.69) is 5.32 Å². The molecule has 0 aliphatic carbocycles. The highest BCUT2D eigenvalue weighted by molar-refractivity contribution is 7.98. The Bertz CT molecular complexity index is 298. The summed E-state index contributed by atoms with van der Waals surface area (Å²) in [6.45, 7) is 0. The van der Waals surface area contributed by atoms with Gasteiger partial charge in [-0.2, -0.15) is 11.8 Å². The quantitative estimate of drug-likeness (QED) is 0.421. The molecule has 0 rings (SSSR count). The number of carbonyl (C=O) groups is 3. The Labute approximate surface area is 103 Å². The first-order valence-electron chi connectivity index (χ1n) is 4.94. The van der Waals surface area contributed by atoms with Gasteiger partial charge in [0.25, 0.3) is 0 Å². The zero-order valence-electron chi connectivity index (χ0n) is 9.51. The van der Waals surface area contributed by atoms with E-state index in [1.165, 1.54) is 11.8 Å². The molecule has 7 nitrogen and oxygen atoms in total. The lowest BCUT2D eigenvalue weighted by atomic mass is 10.1. The smallest absolute Gasteiger partial charge is 0.326 e. The van der Waals surface area contributed by atoms with Crippen LogP contribution in [-0.2, 0) is 14.4 Å². The van der Waals surface area contributed by atoms with Gasteiger partial charge in [-0.05, 0) is 18.4 Å². The van der Waals surface area contributed by atoms with Crippen molar-refractivity contribution in [1.82, 2.24) is 5.32 Å². The molecule has 0 aromatic rings. The van der Waals surface area contributed by atoms with Crippen LogP contribution in [0.2, 0.25) is 0 Å². The lowest BCUT2D eigenvalue weighted by Gasteiger charge is -2.16. The standard InChI is InChI=1S/C9H17N3O4S/c1-17-3-2-5(10)8(14)12-6(9(15)16)4-7(11)13/h5-6H,2-4,10H2,1H3,(H2,11,13)(H,12,14)(H,15,16)/t5-,6+/m0/s1. The molecule has 2 amide bonds. The molecule has 0 unspecified atom stereocenters. The summed E-state index contributed by atoms with van der Waals surface area (Å²) in [5, 5.41) is 10.9. The normalized spacial score (nSPS) is 13.8. The third-order valence-electron chi connectivity index (χ3n) is 1.99. The minimum absolute atomic E-state index is 0.440. The van der Waals surface area contributed by atoms with Crippen molar-refractivity contribution in [2.24, 2.45) is 11.5 Å². The van der Waals surface area contributed by atoms with Crippen LogP contribution in [0.1, 0.15) is 12.8 Å². The molecule has 17 heavy (non-hydrogen) atoms. The Morgan fingerprint density at radius 3 is 2.41 bits per heavy atom. The SMILES string of the molecule is CSCC[C@H](N)C(=O)N[C@H](CC(N)=O)C(=O)O. The van der Waals surface area contributed by atoms with Crippen LogP contribution in [0.3, 0.4) is 0 Å². The summed E-state index contributed by atoms with van der Waals surface area (Å²) in [5.41, 5.74) is 10.4. The maximum atomic E-state index is 11.5. The average molecular weight is 263 g/mol. The van der Waals surface area contributed by atoms with Crippen LogP contribution in [0.15, 0.2) is 0 Å². The van der Waals surface area contributed by atoms with Crippen molar-refractivity contribution in [1.29, 1.82) is 0 Å². The fraction of sp³-hybridized carbons (Fsp3) is 0.667. The maximum absolute atomic E-state index is 11.5. The number of carboxylic acid groups (broad SMARTS) is 1. The molecule has 0 bridgehead atoms. The first-order valence-corrected chi connectivity index (χ1v) is 6.33. The van der Waals surface area contributed by atoms with Crippen LogP contribution in [0.4, 0.5) is 0 Å². The number of nitrogens with one attached hydrogen (secondary N) is 1. The molecule has 0 aliphatic rings. The number of thioether (sulfide) groups is 1. The molecule has 0 aromatic carbocycles. The summed E-state index contributed by atoms with van der Waals surface area (Å²) < 4.78 is 0. The molecule has 98 valence electrons. The van der Waals surface area contributed by atoms with Crippen LogP contribution >= 0.6 is 11.8 Å². The number of hydrogen-bond donors (Lipinski definition) is 4. The third-order valence-corrected chi connectivity index (χ3v) is 2.63. The largest absolute Gasteiger partial charge is 0.480 e. The number of hydrogen-bond acceptors (Lipinski definition) is 5. The van der Waals surface area contributed by atoms with Gasteiger partial charge in [0.05, 0.1) is 12.5 Å². The molecule has 0 aliphatic heterocycles. The Kier molecular flexibility index (Phi) is 7.31. The number of primary amides is 1. The molecule has 0 heterocycles. The zero-order chi connectivity index (χ0) is 13.4. The third kappa shape index (κ3) is 6.80. The van der Waals surface area contributed by atoms with E-state index in [4.69, 9.17) is 16.6 Å². The van der Waals surface area contributed by atoms with E-state index >= 15 is 0 Å². The van der Waals surface area contributed by atoms with Gasteiger partial charge in [-0.1, -0.05) is 0 Å². The molecule has 6 N–H and O–H groups in total. The summed E-state index contributed by atoms with van der Waals surface area (Å²) in [4.78, 5) is 32.8. The number of carbonyl (C=O) groups excluding carboxylic acids is 2. The van der Waals surface area contributed by atoms with Gasteiger partial charge in [-0.25, -0.2) is 4.79 Å². The Balaban J connectivity index is 4.29. The first kappa shape index (κ1) is 15.7. The molecule has 8 heteroatoms. The minimum Gasteiger partial charge on any atom is -0.480 e. The maximum Gasteiger partial charge on any atom is 0.326 e. The summed E-state index contributed by atoms with van der Waals surface area (Å²) >= 11 is 1.53. The second-order valence-electron chi connectivity index (χ2n) is 3.46. The van der Waals surface area contributed by atoms with Crippen LogP contribution < -0.4 is 16.8 Å². The Hall–Kier alpha value is -1.28. The van der Waals surface area contributed by atoms with Gasteiger partial charge in [0.2, 0.25) is 11.8 Å². The predicted molar refractivity (Wildman–Crippen MR) is 64.4 cm³/mol. The van der Waals surface area contributed by atoms with Crippen LogP contribution in [0, 0.1) is 0 Å². The van der Waals surface area contributed by atoms with E-state index < -0.39 is 36.3 Å². The van der Waals surface area contributed by atoms with Crippen molar-refractivity contribution < 1.29 is 19.5 Å². The number of aliphatic carboxylic acids is 1. The van der Waals surface area contributed by atoms with E-state index in [-0.39, 0.29) is 0 Å². The summed E-state index contributed by atoms with van der Waals surface area (Å²) in [6.07, 6.45) is 1.87.